The summed E-state index contributed by atoms with van der Waals surface area (Å²) in [6, 6.07) is 0. The molecule has 9 heteroatoms. The summed E-state index contributed by atoms with van der Waals surface area (Å²) in [6.45, 7) is -2.72. The fraction of sp³-hybridized carbons (Fsp3) is 1.00. The zero-order valence-corrected chi connectivity index (χ0v) is 9.39. The molecule has 0 aromatic heterocycles. The van der Waals surface area contributed by atoms with Crippen molar-refractivity contribution >= 4 is 10.0 Å². The predicted octanol–water partition coefficient (Wildman–Crippen LogP) is -0.478. The number of aliphatic hydroxyl groups is 1. The average Bonchev–Trinajstić information content (AvgIpc) is 2.12. The summed E-state index contributed by atoms with van der Waals surface area (Å²) >= 11 is 0. The van der Waals surface area contributed by atoms with E-state index in [9.17, 15) is 21.6 Å². The highest BCUT2D eigenvalue weighted by atomic mass is 32.2. The molecule has 0 heterocycles. The summed E-state index contributed by atoms with van der Waals surface area (Å²) in [5.74, 6) is -0.445. The van der Waals surface area contributed by atoms with Crippen molar-refractivity contribution in [3.8, 4) is 0 Å². The normalized spacial score (nSPS) is 13.4. The second kappa shape index (κ2) is 6.38. The van der Waals surface area contributed by atoms with E-state index < -0.39 is 41.6 Å². The van der Waals surface area contributed by atoms with E-state index in [0.29, 0.717) is 0 Å². The van der Waals surface area contributed by atoms with Gasteiger partial charge < -0.3 is 10.8 Å². The van der Waals surface area contributed by atoms with E-state index in [-0.39, 0.29) is 17.3 Å². The molecular weight excluding hydrogens is 249 g/mol. The number of aliphatic hydroxyl groups excluding tert-OH is 1. The number of hydrogen-bond donors (Lipinski definition) is 2. The molecule has 5 nitrogen and oxygen atoms in total. The molecule has 0 radical (unpaired) electrons. The number of hydrogen-bond acceptors (Lipinski definition) is 4. The molecule has 0 aliphatic rings. The van der Waals surface area contributed by atoms with Crippen LogP contribution in [0.15, 0.2) is 0 Å². The Morgan fingerprint density at radius 2 is 1.88 bits per heavy atom. The van der Waals surface area contributed by atoms with E-state index in [1.54, 1.807) is 0 Å². The Kier molecular flexibility index (Phi) is 6.23. The van der Waals surface area contributed by atoms with Crippen molar-refractivity contribution in [3.05, 3.63) is 0 Å². The lowest BCUT2D eigenvalue weighted by molar-refractivity contribution is -0.136. The van der Waals surface area contributed by atoms with E-state index in [1.165, 1.54) is 0 Å². The minimum atomic E-state index is -4.62. The molecule has 0 rings (SSSR count). The van der Waals surface area contributed by atoms with Gasteiger partial charge >= 0.3 is 6.18 Å². The van der Waals surface area contributed by atoms with Gasteiger partial charge in [-0.25, -0.2) is 8.42 Å². The molecule has 0 saturated carbocycles. The molecule has 0 spiro atoms. The quantitative estimate of drug-likeness (QED) is 0.650. The minimum Gasteiger partial charge on any atom is -0.395 e. The molecule has 3 N–H and O–H groups in total. The van der Waals surface area contributed by atoms with Crippen LogP contribution in [0, 0.1) is 0 Å². The number of nitrogens with two attached hydrogens (primary N) is 1. The Balaban J connectivity index is 4.63. The van der Waals surface area contributed by atoms with E-state index in [1.807, 2.05) is 0 Å². The summed E-state index contributed by atoms with van der Waals surface area (Å²) in [5.41, 5.74) is 5.08. The monoisotopic (exact) mass is 264 g/mol. The first-order valence-corrected chi connectivity index (χ1v) is 6.19. The molecular formula is C7H15F3N2O3S. The first-order valence-electron chi connectivity index (χ1n) is 4.58. The fourth-order valence-corrected chi connectivity index (χ4v) is 2.52. The molecule has 0 unspecified atom stereocenters. The Morgan fingerprint density at radius 3 is 2.25 bits per heavy atom. The van der Waals surface area contributed by atoms with Crippen molar-refractivity contribution in [1.82, 2.24) is 4.31 Å². The zero-order valence-electron chi connectivity index (χ0n) is 8.57. The third-order valence-electron chi connectivity index (χ3n) is 1.70. The lowest BCUT2D eigenvalue weighted by Crippen LogP contribution is -2.42. The standard InChI is InChI=1S/C7H15F3N2O3S/c8-7(9,10)6-12(3-4-13)16(14,15)5-1-2-11/h13H,1-6,11H2. The Bertz CT molecular complexity index is 292. The third-order valence-corrected chi connectivity index (χ3v) is 3.61. The van der Waals surface area contributed by atoms with Crippen molar-refractivity contribution in [2.24, 2.45) is 5.73 Å². The highest BCUT2D eigenvalue weighted by Crippen LogP contribution is 2.18. The fourth-order valence-electron chi connectivity index (χ4n) is 1.02. The van der Waals surface area contributed by atoms with Crippen molar-refractivity contribution in [3.63, 3.8) is 0 Å². The van der Waals surface area contributed by atoms with E-state index in [2.05, 4.69) is 0 Å². The predicted molar refractivity (Wildman–Crippen MR) is 52.2 cm³/mol. The number of sulfonamides is 1. The molecule has 0 saturated heterocycles. The first kappa shape index (κ1) is 15.6. The van der Waals surface area contributed by atoms with Gasteiger partial charge in [-0.15, -0.1) is 0 Å². The largest absolute Gasteiger partial charge is 0.402 e. The smallest absolute Gasteiger partial charge is 0.395 e. The van der Waals surface area contributed by atoms with Gasteiger partial charge in [-0.1, -0.05) is 0 Å². The van der Waals surface area contributed by atoms with Crippen LogP contribution in [0.25, 0.3) is 0 Å². The van der Waals surface area contributed by atoms with E-state index in [0.717, 1.165) is 0 Å². The zero-order chi connectivity index (χ0) is 12.8. The molecule has 0 aliphatic carbocycles. The van der Waals surface area contributed by atoms with Crippen molar-refractivity contribution < 1.29 is 26.7 Å². The van der Waals surface area contributed by atoms with Gasteiger partial charge in [0.1, 0.15) is 6.54 Å². The first-order chi connectivity index (χ1) is 7.23. The molecule has 98 valence electrons. The van der Waals surface area contributed by atoms with Crippen molar-refractivity contribution in [1.29, 1.82) is 0 Å². The minimum absolute atomic E-state index is 0.0816. The van der Waals surface area contributed by atoms with Gasteiger partial charge in [0.05, 0.1) is 12.4 Å². The van der Waals surface area contributed by atoms with Crippen LogP contribution in [-0.4, -0.2) is 56.0 Å². The molecule has 0 atom stereocenters. The molecule has 0 aromatic rings. The van der Waals surface area contributed by atoms with Crippen LogP contribution in [0.1, 0.15) is 6.42 Å². The SMILES string of the molecule is NCCCS(=O)(=O)N(CCO)CC(F)(F)F. The number of nitrogens with zero attached hydrogens (tertiary/aromatic N) is 1. The van der Waals surface area contributed by atoms with Gasteiger partial charge in [0, 0.05) is 6.54 Å². The summed E-state index contributed by atoms with van der Waals surface area (Å²) in [5, 5.41) is 8.52. The van der Waals surface area contributed by atoms with Crippen LogP contribution in [0.3, 0.4) is 0 Å². The van der Waals surface area contributed by atoms with Gasteiger partial charge in [-0.3, -0.25) is 0 Å². The van der Waals surface area contributed by atoms with Gasteiger partial charge in [-0.2, -0.15) is 17.5 Å². The van der Waals surface area contributed by atoms with Gasteiger partial charge in [0.15, 0.2) is 0 Å². The van der Waals surface area contributed by atoms with Crippen LogP contribution in [-0.2, 0) is 10.0 Å². The summed E-state index contributed by atoms with van der Waals surface area (Å²) in [6.07, 6.45) is -4.53. The van der Waals surface area contributed by atoms with Crippen LogP contribution >= 0.6 is 0 Å². The maximum atomic E-state index is 12.1. The van der Waals surface area contributed by atoms with Crippen LogP contribution in [0.4, 0.5) is 13.2 Å². The van der Waals surface area contributed by atoms with Gasteiger partial charge in [-0.05, 0) is 13.0 Å². The van der Waals surface area contributed by atoms with Crippen molar-refractivity contribution in [2.75, 3.05) is 32.0 Å². The molecule has 0 bridgehead atoms. The molecule has 0 fully saturated rings. The highest BCUT2D eigenvalue weighted by Gasteiger charge is 2.35. The highest BCUT2D eigenvalue weighted by molar-refractivity contribution is 7.89. The maximum absolute atomic E-state index is 12.1. The summed E-state index contributed by atoms with van der Waals surface area (Å²) in [7, 11) is -4.01. The van der Waals surface area contributed by atoms with Crippen LogP contribution in [0.5, 0.6) is 0 Å². The van der Waals surface area contributed by atoms with Crippen LogP contribution < -0.4 is 5.73 Å². The maximum Gasteiger partial charge on any atom is 0.402 e. The molecule has 16 heavy (non-hydrogen) atoms. The molecule has 0 aliphatic heterocycles. The van der Waals surface area contributed by atoms with Gasteiger partial charge in [0.25, 0.3) is 0 Å². The average molecular weight is 264 g/mol. The molecule has 0 aromatic carbocycles. The second-order valence-electron chi connectivity index (χ2n) is 3.13. The second-order valence-corrected chi connectivity index (χ2v) is 5.22. The van der Waals surface area contributed by atoms with Crippen LogP contribution in [0.2, 0.25) is 0 Å². The topological polar surface area (TPSA) is 83.6 Å². The Hall–Kier alpha value is -0.380. The number of halogens is 3. The number of rotatable bonds is 7. The third kappa shape index (κ3) is 6.26. The van der Waals surface area contributed by atoms with E-state index >= 15 is 0 Å². The summed E-state index contributed by atoms with van der Waals surface area (Å²) in [4.78, 5) is 0. The van der Waals surface area contributed by atoms with Gasteiger partial charge in [0.2, 0.25) is 10.0 Å². The van der Waals surface area contributed by atoms with E-state index in [4.69, 9.17) is 10.8 Å². The summed E-state index contributed by atoms with van der Waals surface area (Å²) < 4.78 is 59.3. The Morgan fingerprint density at radius 1 is 1.31 bits per heavy atom. The lowest BCUT2D eigenvalue weighted by atomic mass is 10.5. The van der Waals surface area contributed by atoms with Crippen molar-refractivity contribution in [2.45, 2.75) is 12.6 Å². The number of alkyl halides is 3. The Labute approximate surface area is 92.1 Å². The molecule has 0 amide bonds. The lowest BCUT2D eigenvalue weighted by Gasteiger charge is -2.22.